The molecule has 1 aromatic carbocycles. The van der Waals surface area contributed by atoms with E-state index < -0.39 is 0 Å². The molecule has 3 aromatic rings. The molecule has 0 bridgehead atoms. The molecule has 0 atom stereocenters. The summed E-state index contributed by atoms with van der Waals surface area (Å²) in [5.41, 5.74) is 12.7. The van der Waals surface area contributed by atoms with Crippen LogP contribution in [0.2, 0.25) is 0 Å². The van der Waals surface area contributed by atoms with Gasteiger partial charge in [0.15, 0.2) is 17.3 Å². The summed E-state index contributed by atoms with van der Waals surface area (Å²) in [6.45, 7) is 1.76. The van der Waals surface area contributed by atoms with Gasteiger partial charge < -0.3 is 11.5 Å². The van der Waals surface area contributed by atoms with Crippen LogP contribution in [0, 0.1) is 6.92 Å². The van der Waals surface area contributed by atoms with E-state index in [1.54, 1.807) is 6.92 Å². The zero-order valence-electron chi connectivity index (χ0n) is 12.7. The average molecular weight is 326 g/mol. The van der Waals surface area contributed by atoms with Gasteiger partial charge in [0.05, 0.1) is 17.5 Å². The highest BCUT2D eigenvalue weighted by Gasteiger charge is 2.12. The van der Waals surface area contributed by atoms with Gasteiger partial charge in [-0.05, 0) is 29.4 Å². The molecule has 0 aliphatic carbocycles. The van der Waals surface area contributed by atoms with E-state index in [0.717, 1.165) is 5.69 Å². The van der Waals surface area contributed by atoms with Gasteiger partial charge in [-0.2, -0.15) is 5.10 Å². The molecular weight excluding hydrogens is 312 g/mol. The highest BCUT2D eigenvalue weighted by atomic mass is 16.6. The van der Waals surface area contributed by atoms with E-state index in [9.17, 15) is 4.79 Å². The van der Waals surface area contributed by atoms with Crippen molar-refractivity contribution in [2.45, 2.75) is 6.92 Å². The fraction of sp³-hybridized carbons (Fsp3) is 0.0714. The first-order valence-corrected chi connectivity index (χ1v) is 6.90. The van der Waals surface area contributed by atoms with Crippen LogP contribution in [0.15, 0.2) is 50.0 Å². The number of nitrogens with two attached hydrogens (primary N) is 2. The summed E-state index contributed by atoms with van der Waals surface area (Å²) in [5.74, 6) is -0.0581. The molecule has 0 radical (unpaired) electrons. The number of para-hydroxylation sites is 1. The first-order chi connectivity index (χ1) is 11.6. The van der Waals surface area contributed by atoms with Crippen molar-refractivity contribution in [2.24, 2.45) is 15.9 Å². The van der Waals surface area contributed by atoms with Crippen molar-refractivity contribution in [3.63, 3.8) is 0 Å². The average Bonchev–Trinajstić information content (AvgIpc) is 3.13. The Bertz CT molecular complexity index is 964. The smallest absolute Gasteiger partial charge is 0.280 e. The Labute approximate surface area is 135 Å². The van der Waals surface area contributed by atoms with Crippen LogP contribution < -0.4 is 17.0 Å². The molecule has 5 N–H and O–H groups in total. The molecule has 122 valence electrons. The third-order valence-corrected chi connectivity index (χ3v) is 3.24. The summed E-state index contributed by atoms with van der Waals surface area (Å²) in [7, 11) is 0. The SMILES string of the molecule is Cc1[nH]n(-c2ccccc2)c(=O)c1/C=N/N=C(/N)c1nonc1N. The number of aryl methyl sites for hydroxylation is 1. The maximum atomic E-state index is 12.5. The van der Waals surface area contributed by atoms with Gasteiger partial charge in [0, 0.05) is 5.69 Å². The van der Waals surface area contributed by atoms with Crippen LogP contribution in [-0.2, 0) is 0 Å². The number of nitrogen functional groups attached to an aromatic ring is 1. The first-order valence-electron chi connectivity index (χ1n) is 6.90. The number of hydrogen-bond donors (Lipinski definition) is 3. The predicted octanol–water partition coefficient (Wildman–Crippen LogP) is 0.179. The molecule has 24 heavy (non-hydrogen) atoms. The second kappa shape index (κ2) is 6.20. The summed E-state index contributed by atoms with van der Waals surface area (Å²) in [4.78, 5) is 12.5. The second-order valence-electron chi connectivity index (χ2n) is 4.85. The molecule has 0 aliphatic rings. The summed E-state index contributed by atoms with van der Waals surface area (Å²) in [6.07, 6.45) is 1.31. The van der Waals surface area contributed by atoms with Crippen molar-refractivity contribution < 1.29 is 4.63 Å². The lowest BCUT2D eigenvalue weighted by Gasteiger charge is -1.99. The number of nitrogens with one attached hydrogen (secondary N) is 1. The van der Waals surface area contributed by atoms with E-state index in [0.29, 0.717) is 11.3 Å². The van der Waals surface area contributed by atoms with Crippen molar-refractivity contribution in [3.05, 3.63) is 57.6 Å². The molecule has 10 nitrogen and oxygen atoms in total. The number of H-pyrrole nitrogens is 1. The van der Waals surface area contributed by atoms with Gasteiger partial charge in [-0.25, -0.2) is 9.31 Å². The van der Waals surface area contributed by atoms with Gasteiger partial charge in [-0.1, -0.05) is 18.2 Å². The second-order valence-corrected chi connectivity index (χ2v) is 4.85. The molecular formula is C14H14N8O2. The Morgan fingerprint density at radius 2 is 2.08 bits per heavy atom. The Balaban J connectivity index is 1.90. The number of aromatic nitrogens is 4. The summed E-state index contributed by atoms with van der Waals surface area (Å²) in [6, 6.07) is 9.18. The lowest BCUT2D eigenvalue weighted by Crippen LogP contribution is -2.17. The predicted molar refractivity (Wildman–Crippen MR) is 88.2 cm³/mol. The van der Waals surface area contributed by atoms with E-state index >= 15 is 0 Å². The molecule has 0 unspecified atom stereocenters. The number of hydrogen-bond acceptors (Lipinski definition) is 7. The van der Waals surface area contributed by atoms with E-state index in [-0.39, 0.29) is 22.9 Å². The molecule has 2 heterocycles. The minimum Gasteiger partial charge on any atom is -0.380 e. The zero-order chi connectivity index (χ0) is 17.1. The molecule has 0 amide bonds. The van der Waals surface area contributed by atoms with Crippen LogP contribution in [-0.4, -0.2) is 32.1 Å². The normalized spacial score (nSPS) is 12.1. The molecule has 10 heteroatoms. The summed E-state index contributed by atoms with van der Waals surface area (Å²) < 4.78 is 5.85. The third-order valence-electron chi connectivity index (χ3n) is 3.24. The number of benzene rings is 1. The molecule has 0 aliphatic heterocycles. The highest BCUT2D eigenvalue weighted by Crippen LogP contribution is 2.06. The van der Waals surface area contributed by atoms with Gasteiger partial charge in [0.25, 0.3) is 5.56 Å². The lowest BCUT2D eigenvalue weighted by atomic mass is 10.3. The largest absolute Gasteiger partial charge is 0.380 e. The fourth-order valence-corrected chi connectivity index (χ4v) is 2.04. The summed E-state index contributed by atoms with van der Waals surface area (Å²) in [5, 5.41) is 17.4. The summed E-state index contributed by atoms with van der Waals surface area (Å²) >= 11 is 0. The lowest BCUT2D eigenvalue weighted by molar-refractivity contribution is 0.308. The topological polar surface area (TPSA) is 153 Å². The minimum absolute atomic E-state index is 0.00992. The van der Waals surface area contributed by atoms with Crippen LogP contribution in [0.1, 0.15) is 17.0 Å². The van der Waals surface area contributed by atoms with Gasteiger partial charge in [0.2, 0.25) is 0 Å². The van der Waals surface area contributed by atoms with Crippen LogP contribution >= 0.6 is 0 Å². The van der Waals surface area contributed by atoms with Crippen LogP contribution in [0.4, 0.5) is 5.82 Å². The monoisotopic (exact) mass is 326 g/mol. The Kier molecular flexibility index (Phi) is 3.93. The van der Waals surface area contributed by atoms with Crippen molar-refractivity contribution in [1.29, 1.82) is 0 Å². The van der Waals surface area contributed by atoms with Crippen molar-refractivity contribution in [3.8, 4) is 5.69 Å². The molecule has 0 saturated carbocycles. The third kappa shape index (κ3) is 2.79. The number of aromatic amines is 1. The number of anilines is 1. The maximum Gasteiger partial charge on any atom is 0.280 e. The minimum atomic E-state index is -0.251. The standard InChI is InChI=1S/C14H14N8O2/c1-8-10(7-17-18-12(15)11-13(16)21-24-20-11)14(23)22(19-8)9-5-3-2-4-6-9/h2-7,19H,1H3,(H2,15,18)(H2,16,21)/b17-7+. The zero-order valence-corrected chi connectivity index (χ0v) is 12.7. The van der Waals surface area contributed by atoms with Gasteiger partial charge >= 0.3 is 0 Å². The first kappa shape index (κ1) is 15.2. The number of rotatable bonds is 4. The Morgan fingerprint density at radius 3 is 2.75 bits per heavy atom. The maximum absolute atomic E-state index is 12.5. The van der Waals surface area contributed by atoms with E-state index in [2.05, 4.69) is 30.2 Å². The van der Waals surface area contributed by atoms with Crippen LogP contribution in [0.5, 0.6) is 0 Å². The molecule has 0 spiro atoms. The number of nitrogens with zero attached hydrogens (tertiary/aromatic N) is 5. The number of amidine groups is 1. The van der Waals surface area contributed by atoms with Crippen LogP contribution in [0.25, 0.3) is 5.69 Å². The van der Waals surface area contributed by atoms with Crippen LogP contribution in [0.3, 0.4) is 0 Å². The van der Waals surface area contributed by atoms with Crippen molar-refractivity contribution in [2.75, 3.05) is 5.73 Å². The van der Waals surface area contributed by atoms with E-state index in [1.165, 1.54) is 10.9 Å². The van der Waals surface area contributed by atoms with Crippen molar-refractivity contribution >= 4 is 17.9 Å². The van der Waals surface area contributed by atoms with Gasteiger partial charge in [0.1, 0.15) is 0 Å². The molecule has 3 rings (SSSR count). The van der Waals surface area contributed by atoms with E-state index in [1.807, 2.05) is 30.3 Å². The quantitative estimate of drug-likeness (QED) is 0.353. The molecule has 0 fully saturated rings. The molecule has 2 aromatic heterocycles. The van der Waals surface area contributed by atoms with Gasteiger partial charge in [-0.3, -0.25) is 9.89 Å². The Hall–Kier alpha value is -3.69. The highest BCUT2D eigenvalue weighted by molar-refractivity contribution is 5.99. The fourth-order valence-electron chi connectivity index (χ4n) is 2.04. The Morgan fingerprint density at radius 1 is 1.33 bits per heavy atom. The van der Waals surface area contributed by atoms with Crippen molar-refractivity contribution in [1.82, 2.24) is 20.1 Å². The van der Waals surface area contributed by atoms with Gasteiger partial charge in [-0.15, -0.1) is 5.10 Å². The van der Waals surface area contributed by atoms with E-state index in [4.69, 9.17) is 11.5 Å². The molecule has 0 saturated heterocycles.